The van der Waals surface area contributed by atoms with Crippen LogP contribution in [0, 0.1) is 0 Å². The Kier molecular flexibility index (Phi) is 7.20. The van der Waals surface area contributed by atoms with Gasteiger partial charge in [0, 0.05) is 49.1 Å². The molecule has 0 saturated carbocycles. The van der Waals surface area contributed by atoms with E-state index >= 15 is 0 Å². The first-order chi connectivity index (χ1) is 28.7. The number of para-hydroxylation sites is 2. The highest BCUT2D eigenvalue weighted by molar-refractivity contribution is 6.20. The van der Waals surface area contributed by atoms with Gasteiger partial charge in [-0.2, -0.15) is 0 Å². The molecule has 0 fully saturated rings. The van der Waals surface area contributed by atoms with E-state index in [2.05, 4.69) is 193 Å². The van der Waals surface area contributed by atoms with Crippen molar-refractivity contribution in [1.29, 1.82) is 0 Å². The van der Waals surface area contributed by atoms with E-state index in [0.717, 1.165) is 72.0 Å². The predicted molar refractivity (Wildman–Crippen MR) is 240 cm³/mol. The standard InChI is InChI=1S/C54H33N3O/c1-3-12-34(13-4-1)35-22-24-37(25-23-35)54-55-47-20-10-9-18-43(47)52(56-54)44-19-11-21-50-51(44)46-33-39(28-31-49(46)58-50)38-27-30-48-45(32-38)42-29-26-36-14-7-8-17-41(36)53(42)57(48)40-15-5-2-6-16-40/h1-33H. The molecule has 58 heavy (non-hydrogen) atoms. The Bertz CT molecular complexity index is 3550. The molecule has 0 saturated heterocycles. The molecule has 12 rings (SSSR count). The Hall–Kier alpha value is -7.82. The molecule has 0 aliphatic carbocycles. The van der Waals surface area contributed by atoms with E-state index < -0.39 is 0 Å². The topological polar surface area (TPSA) is 43.9 Å². The van der Waals surface area contributed by atoms with Crippen LogP contribution in [0.3, 0.4) is 0 Å². The van der Waals surface area contributed by atoms with Crippen molar-refractivity contribution < 1.29 is 4.42 Å². The summed E-state index contributed by atoms with van der Waals surface area (Å²) in [5.74, 6) is 0.689. The van der Waals surface area contributed by atoms with Crippen molar-refractivity contribution in [3.8, 4) is 50.6 Å². The molecule has 0 bridgehead atoms. The second-order valence-corrected chi connectivity index (χ2v) is 14.9. The Morgan fingerprint density at radius 3 is 1.91 bits per heavy atom. The van der Waals surface area contributed by atoms with Crippen LogP contribution in [-0.2, 0) is 0 Å². The average Bonchev–Trinajstić information content (AvgIpc) is 3.85. The van der Waals surface area contributed by atoms with Crippen molar-refractivity contribution in [1.82, 2.24) is 14.5 Å². The summed E-state index contributed by atoms with van der Waals surface area (Å²) in [5, 5.41) is 8.02. The number of nitrogens with zero attached hydrogens (tertiary/aromatic N) is 3. The molecule has 0 aliphatic rings. The number of benzene rings is 9. The van der Waals surface area contributed by atoms with Gasteiger partial charge >= 0.3 is 0 Å². The van der Waals surface area contributed by atoms with Crippen LogP contribution < -0.4 is 0 Å². The van der Waals surface area contributed by atoms with Crippen molar-refractivity contribution in [2.75, 3.05) is 0 Å². The first kappa shape index (κ1) is 32.4. The van der Waals surface area contributed by atoms with E-state index in [4.69, 9.17) is 14.4 Å². The quantitative estimate of drug-likeness (QED) is 0.177. The summed E-state index contributed by atoms with van der Waals surface area (Å²) in [4.78, 5) is 10.4. The zero-order chi connectivity index (χ0) is 38.2. The van der Waals surface area contributed by atoms with E-state index in [1.54, 1.807) is 0 Å². The normalized spacial score (nSPS) is 11.8. The molecule has 270 valence electrons. The Morgan fingerprint density at radius 1 is 0.397 bits per heavy atom. The first-order valence-corrected chi connectivity index (χ1v) is 19.7. The van der Waals surface area contributed by atoms with Gasteiger partial charge in [0.15, 0.2) is 5.82 Å². The van der Waals surface area contributed by atoms with Gasteiger partial charge in [-0.3, -0.25) is 0 Å². The minimum absolute atomic E-state index is 0.689. The van der Waals surface area contributed by atoms with Crippen molar-refractivity contribution in [3.05, 3.63) is 200 Å². The number of rotatable bonds is 5. The summed E-state index contributed by atoms with van der Waals surface area (Å²) >= 11 is 0. The second kappa shape index (κ2) is 12.9. The van der Waals surface area contributed by atoms with Gasteiger partial charge < -0.3 is 8.98 Å². The minimum Gasteiger partial charge on any atom is -0.456 e. The lowest BCUT2D eigenvalue weighted by molar-refractivity contribution is 0.669. The van der Waals surface area contributed by atoms with Crippen molar-refractivity contribution >= 4 is 65.4 Å². The zero-order valence-electron chi connectivity index (χ0n) is 31.3. The monoisotopic (exact) mass is 739 g/mol. The summed E-state index contributed by atoms with van der Waals surface area (Å²) < 4.78 is 8.97. The first-order valence-electron chi connectivity index (χ1n) is 19.7. The van der Waals surface area contributed by atoms with Gasteiger partial charge in [-0.25, -0.2) is 9.97 Å². The third-order valence-electron chi connectivity index (χ3n) is 11.6. The van der Waals surface area contributed by atoms with E-state index in [1.165, 1.54) is 38.1 Å². The summed E-state index contributed by atoms with van der Waals surface area (Å²) in [7, 11) is 0. The highest BCUT2D eigenvalue weighted by atomic mass is 16.3. The molecule has 0 spiro atoms. The molecule has 9 aromatic carbocycles. The fourth-order valence-electron chi connectivity index (χ4n) is 8.86. The molecule has 0 amide bonds. The molecule has 12 aromatic rings. The lowest BCUT2D eigenvalue weighted by atomic mass is 9.97. The summed E-state index contributed by atoms with van der Waals surface area (Å²) in [6, 6.07) is 70.8. The van der Waals surface area contributed by atoms with Crippen molar-refractivity contribution in [3.63, 3.8) is 0 Å². The van der Waals surface area contributed by atoms with Gasteiger partial charge in [-0.05, 0) is 76.2 Å². The van der Waals surface area contributed by atoms with Crippen LogP contribution in [0.25, 0.3) is 116 Å². The van der Waals surface area contributed by atoms with Gasteiger partial charge in [-0.15, -0.1) is 0 Å². The third kappa shape index (κ3) is 5.09. The van der Waals surface area contributed by atoms with E-state index in [9.17, 15) is 0 Å². The van der Waals surface area contributed by atoms with Crippen molar-refractivity contribution in [2.24, 2.45) is 0 Å². The van der Waals surface area contributed by atoms with Crippen LogP contribution in [0.15, 0.2) is 205 Å². The van der Waals surface area contributed by atoms with Gasteiger partial charge in [0.25, 0.3) is 0 Å². The highest BCUT2D eigenvalue weighted by Gasteiger charge is 2.20. The smallest absolute Gasteiger partial charge is 0.160 e. The van der Waals surface area contributed by atoms with Gasteiger partial charge in [0.05, 0.1) is 22.2 Å². The zero-order valence-corrected chi connectivity index (χ0v) is 31.3. The van der Waals surface area contributed by atoms with E-state index in [-0.39, 0.29) is 0 Å². The number of furan rings is 1. The number of hydrogen-bond acceptors (Lipinski definition) is 3. The molecule has 0 atom stereocenters. The van der Waals surface area contributed by atoms with E-state index in [1.807, 2.05) is 12.1 Å². The molecule has 0 unspecified atom stereocenters. The molecular weight excluding hydrogens is 707 g/mol. The SMILES string of the molecule is c1ccc(-c2ccc(-c3nc(-c4cccc5oc6ccc(-c7ccc8c(c7)c7ccc9ccccc9c7n8-c7ccccc7)cc6c45)c4ccccc4n3)cc2)cc1. The van der Waals surface area contributed by atoms with Crippen LogP contribution in [0.2, 0.25) is 0 Å². The maximum absolute atomic E-state index is 6.56. The molecule has 0 radical (unpaired) electrons. The molecule has 0 N–H and O–H groups in total. The molecule has 3 aromatic heterocycles. The number of hydrogen-bond donors (Lipinski definition) is 0. The summed E-state index contributed by atoms with van der Waals surface area (Å²) in [6.45, 7) is 0. The molecule has 4 nitrogen and oxygen atoms in total. The predicted octanol–water partition coefficient (Wildman–Crippen LogP) is 14.4. The van der Waals surface area contributed by atoms with Gasteiger partial charge in [-0.1, -0.05) is 152 Å². The minimum atomic E-state index is 0.689. The number of aromatic nitrogens is 3. The van der Waals surface area contributed by atoms with Crippen LogP contribution in [0.5, 0.6) is 0 Å². The second-order valence-electron chi connectivity index (χ2n) is 14.9. The Labute approximate surface area is 333 Å². The Morgan fingerprint density at radius 2 is 1.07 bits per heavy atom. The lowest BCUT2D eigenvalue weighted by Gasteiger charge is -2.11. The average molecular weight is 740 g/mol. The Balaban J connectivity index is 1.03. The van der Waals surface area contributed by atoms with Crippen LogP contribution in [-0.4, -0.2) is 14.5 Å². The molecular formula is C54H33N3O. The maximum Gasteiger partial charge on any atom is 0.160 e. The van der Waals surface area contributed by atoms with Gasteiger partial charge in [0.2, 0.25) is 0 Å². The fourth-order valence-corrected chi connectivity index (χ4v) is 8.86. The van der Waals surface area contributed by atoms with E-state index in [0.29, 0.717) is 5.82 Å². The third-order valence-corrected chi connectivity index (χ3v) is 11.6. The molecule has 3 heterocycles. The van der Waals surface area contributed by atoms with Crippen LogP contribution >= 0.6 is 0 Å². The molecule has 4 heteroatoms. The number of fused-ring (bicyclic) bond motifs is 9. The van der Waals surface area contributed by atoms with Crippen LogP contribution in [0.4, 0.5) is 0 Å². The summed E-state index contributed by atoms with van der Waals surface area (Å²) in [6.07, 6.45) is 0. The van der Waals surface area contributed by atoms with Gasteiger partial charge in [0.1, 0.15) is 11.2 Å². The maximum atomic E-state index is 6.56. The van der Waals surface area contributed by atoms with Crippen LogP contribution in [0.1, 0.15) is 0 Å². The fraction of sp³-hybridized carbons (Fsp3) is 0. The largest absolute Gasteiger partial charge is 0.456 e. The molecule has 0 aliphatic heterocycles. The summed E-state index contributed by atoms with van der Waals surface area (Å²) in [5.41, 5.74) is 13.6. The highest BCUT2D eigenvalue weighted by Crippen LogP contribution is 2.42. The lowest BCUT2D eigenvalue weighted by Crippen LogP contribution is -1.95. The van der Waals surface area contributed by atoms with Crippen molar-refractivity contribution in [2.45, 2.75) is 0 Å².